The largest absolute Gasteiger partial charge is 0.204 e. The number of benzene rings is 3. The molecular weight excluding hydrogens is 302 g/mol. The molecule has 24 heavy (non-hydrogen) atoms. The molecule has 0 aliphatic heterocycles. The molecule has 0 fully saturated rings. The van der Waals surface area contributed by atoms with Gasteiger partial charge in [-0.1, -0.05) is 61.5 Å². The zero-order valence-corrected chi connectivity index (χ0v) is 13.7. The summed E-state index contributed by atoms with van der Waals surface area (Å²) < 4.78 is 26.3. The molecule has 0 radical (unpaired) electrons. The first-order chi connectivity index (χ1) is 11.7. The van der Waals surface area contributed by atoms with Crippen molar-refractivity contribution in [3.8, 4) is 11.1 Å². The molecular formula is C22H20F2. The number of rotatable bonds is 5. The predicted molar refractivity (Wildman–Crippen MR) is 95.0 cm³/mol. The second-order valence-corrected chi connectivity index (χ2v) is 6.00. The second-order valence-electron chi connectivity index (χ2n) is 6.00. The van der Waals surface area contributed by atoms with E-state index in [1.54, 1.807) is 6.07 Å². The average Bonchev–Trinajstić information content (AvgIpc) is 2.63. The van der Waals surface area contributed by atoms with Gasteiger partial charge in [0.2, 0.25) is 0 Å². The Morgan fingerprint density at radius 3 is 1.62 bits per heavy atom. The fraction of sp³-hybridized carbons (Fsp3) is 0.182. The quantitative estimate of drug-likeness (QED) is 0.542. The van der Waals surface area contributed by atoms with Gasteiger partial charge < -0.3 is 0 Å². The summed E-state index contributed by atoms with van der Waals surface area (Å²) in [6.45, 7) is 2.16. The van der Waals surface area contributed by atoms with Crippen LogP contribution in [0.5, 0.6) is 0 Å². The Hall–Kier alpha value is -2.48. The molecule has 0 aromatic heterocycles. The highest BCUT2D eigenvalue weighted by atomic mass is 19.2. The molecule has 3 aromatic rings. The Labute approximate surface area is 141 Å². The van der Waals surface area contributed by atoms with E-state index in [1.807, 2.05) is 12.1 Å². The van der Waals surface area contributed by atoms with Crippen molar-refractivity contribution in [3.05, 3.63) is 95.1 Å². The van der Waals surface area contributed by atoms with Crippen LogP contribution in [-0.2, 0) is 19.3 Å². The molecule has 2 heteroatoms. The van der Waals surface area contributed by atoms with E-state index in [9.17, 15) is 8.78 Å². The number of hydrogen-bond acceptors (Lipinski definition) is 0. The molecule has 0 nitrogen and oxygen atoms in total. The third-order valence-corrected chi connectivity index (χ3v) is 4.34. The van der Waals surface area contributed by atoms with Crippen LogP contribution in [0.4, 0.5) is 8.78 Å². The van der Waals surface area contributed by atoms with Crippen molar-refractivity contribution in [2.45, 2.75) is 26.2 Å². The van der Waals surface area contributed by atoms with Gasteiger partial charge in [-0.25, -0.2) is 8.78 Å². The summed E-state index contributed by atoms with van der Waals surface area (Å²) in [4.78, 5) is 0. The van der Waals surface area contributed by atoms with Crippen molar-refractivity contribution >= 4 is 0 Å². The zero-order chi connectivity index (χ0) is 16.9. The molecule has 0 aliphatic rings. The van der Waals surface area contributed by atoms with Crippen molar-refractivity contribution in [1.82, 2.24) is 0 Å². The normalized spacial score (nSPS) is 10.8. The summed E-state index contributed by atoms with van der Waals surface area (Å²) in [5.74, 6) is -1.63. The Morgan fingerprint density at radius 2 is 1.08 bits per heavy atom. The summed E-state index contributed by atoms with van der Waals surface area (Å²) in [5, 5.41) is 0. The van der Waals surface area contributed by atoms with Crippen LogP contribution in [-0.4, -0.2) is 0 Å². The SMILES string of the molecule is CCc1ccc(CCc2ccc(-c3ccc(F)c(F)c3)cc2)cc1. The van der Waals surface area contributed by atoms with E-state index in [-0.39, 0.29) is 0 Å². The summed E-state index contributed by atoms with van der Waals surface area (Å²) in [5.41, 5.74) is 5.51. The van der Waals surface area contributed by atoms with Crippen LogP contribution in [0.3, 0.4) is 0 Å². The van der Waals surface area contributed by atoms with Crippen LogP contribution in [0, 0.1) is 11.6 Å². The maximum absolute atomic E-state index is 13.3. The van der Waals surface area contributed by atoms with Gasteiger partial charge in [-0.2, -0.15) is 0 Å². The van der Waals surface area contributed by atoms with Crippen LogP contribution in [0.2, 0.25) is 0 Å². The molecule has 0 saturated heterocycles. The highest BCUT2D eigenvalue weighted by molar-refractivity contribution is 5.63. The Bertz CT molecular complexity index is 802. The molecule has 0 atom stereocenters. The second kappa shape index (κ2) is 7.39. The van der Waals surface area contributed by atoms with Crippen LogP contribution in [0.15, 0.2) is 66.7 Å². The molecule has 0 bridgehead atoms. The van der Waals surface area contributed by atoms with Gasteiger partial charge >= 0.3 is 0 Å². The highest BCUT2D eigenvalue weighted by Crippen LogP contribution is 2.22. The van der Waals surface area contributed by atoms with Gasteiger partial charge in [0.1, 0.15) is 0 Å². The molecule has 0 unspecified atom stereocenters. The van der Waals surface area contributed by atoms with E-state index < -0.39 is 11.6 Å². The smallest absolute Gasteiger partial charge is 0.159 e. The Balaban J connectivity index is 1.66. The minimum absolute atomic E-state index is 0.690. The van der Waals surface area contributed by atoms with E-state index in [4.69, 9.17) is 0 Å². The summed E-state index contributed by atoms with van der Waals surface area (Å²) in [6.07, 6.45) is 3.02. The van der Waals surface area contributed by atoms with Crippen molar-refractivity contribution < 1.29 is 8.78 Å². The standard InChI is InChI=1S/C22H20F2/c1-2-16-3-5-17(6-4-16)7-8-18-9-11-19(12-10-18)20-13-14-21(23)22(24)15-20/h3-6,9-15H,2,7-8H2,1H3. The van der Waals surface area contributed by atoms with Gasteiger partial charge in [0.25, 0.3) is 0 Å². The molecule has 3 rings (SSSR count). The maximum Gasteiger partial charge on any atom is 0.159 e. The van der Waals surface area contributed by atoms with Gasteiger partial charge in [0, 0.05) is 0 Å². The molecule has 0 spiro atoms. The molecule has 0 amide bonds. The maximum atomic E-state index is 13.3. The van der Waals surface area contributed by atoms with Gasteiger partial charge in [-0.05, 0) is 59.2 Å². The fourth-order valence-electron chi connectivity index (χ4n) is 2.77. The molecule has 0 saturated carbocycles. The van der Waals surface area contributed by atoms with Crippen LogP contribution < -0.4 is 0 Å². The first kappa shape index (κ1) is 16.4. The number of aryl methyl sites for hydroxylation is 3. The molecule has 0 aliphatic carbocycles. The van der Waals surface area contributed by atoms with Crippen molar-refractivity contribution in [2.24, 2.45) is 0 Å². The van der Waals surface area contributed by atoms with Crippen molar-refractivity contribution in [2.75, 3.05) is 0 Å². The van der Waals surface area contributed by atoms with Crippen LogP contribution in [0.1, 0.15) is 23.6 Å². The highest BCUT2D eigenvalue weighted by Gasteiger charge is 2.05. The van der Waals surface area contributed by atoms with Gasteiger partial charge in [-0.15, -0.1) is 0 Å². The van der Waals surface area contributed by atoms with Gasteiger partial charge in [0.15, 0.2) is 11.6 Å². The van der Waals surface area contributed by atoms with Crippen LogP contribution in [0.25, 0.3) is 11.1 Å². The predicted octanol–water partition coefficient (Wildman–Crippen LogP) is 5.98. The minimum Gasteiger partial charge on any atom is -0.204 e. The van der Waals surface area contributed by atoms with E-state index in [0.29, 0.717) is 5.56 Å². The Morgan fingerprint density at radius 1 is 0.583 bits per heavy atom. The minimum atomic E-state index is -0.815. The fourth-order valence-corrected chi connectivity index (χ4v) is 2.77. The first-order valence-corrected chi connectivity index (χ1v) is 8.28. The van der Waals surface area contributed by atoms with Crippen molar-refractivity contribution in [1.29, 1.82) is 0 Å². The topological polar surface area (TPSA) is 0 Å². The van der Waals surface area contributed by atoms with E-state index >= 15 is 0 Å². The lowest BCUT2D eigenvalue weighted by atomic mass is 9.99. The van der Waals surface area contributed by atoms with Gasteiger partial charge in [-0.3, -0.25) is 0 Å². The molecule has 3 aromatic carbocycles. The molecule has 122 valence electrons. The lowest BCUT2D eigenvalue weighted by Crippen LogP contribution is -1.92. The summed E-state index contributed by atoms with van der Waals surface area (Å²) >= 11 is 0. The average molecular weight is 322 g/mol. The first-order valence-electron chi connectivity index (χ1n) is 8.28. The summed E-state index contributed by atoms with van der Waals surface area (Å²) in [7, 11) is 0. The van der Waals surface area contributed by atoms with E-state index in [1.165, 1.54) is 28.8 Å². The van der Waals surface area contributed by atoms with E-state index in [2.05, 4.69) is 43.3 Å². The third-order valence-electron chi connectivity index (χ3n) is 4.34. The third kappa shape index (κ3) is 3.88. The lowest BCUT2D eigenvalue weighted by molar-refractivity contribution is 0.509. The van der Waals surface area contributed by atoms with Crippen LogP contribution >= 0.6 is 0 Å². The number of hydrogen-bond donors (Lipinski definition) is 0. The molecule has 0 N–H and O–H groups in total. The zero-order valence-electron chi connectivity index (χ0n) is 13.7. The van der Waals surface area contributed by atoms with E-state index in [0.717, 1.165) is 24.8 Å². The molecule has 0 heterocycles. The monoisotopic (exact) mass is 322 g/mol. The Kier molecular flexibility index (Phi) is 5.05. The van der Waals surface area contributed by atoms with Gasteiger partial charge in [0.05, 0.1) is 0 Å². The lowest BCUT2D eigenvalue weighted by Gasteiger charge is -2.06. The summed E-state index contributed by atoms with van der Waals surface area (Å²) in [6, 6.07) is 20.8. The number of halogens is 2. The van der Waals surface area contributed by atoms with Crippen molar-refractivity contribution in [3.63, 3.8) is 0 Å².